The molecule has 3 rings (SSSR count). The summed E-state index contributed by atoms with van der Waals surface area (Å²) in [7, 11) is 3.27. The molecule has 0 N–H and O–H groups in total. The molecule has 1 fully saturated rings. The van der Waals surface area contributed by atoms with Gasteiger partial charge in [-0.3, -0.25) is 9.59 Å². The van der Waals surface area contributed by atoms with Crippen LogP contribution in [0.3, 0.4) is 0 Å². The van der Waals surface area contributed by atoms with Crippen molar-refractivity contribution in [2.24, 2.45) is 5.92 Å². The number of ether oxygens (including phenoxy) is 3. The molecule has 0 aromatic heterocycles. The summed E-state index contributed by atoms with van der Waals surface area (Å²) in [5, 5.41) is 0. The summed E-state index contributed by atoms with van der Waals surface area (Å²) in [5.74, 6) is 0.723. The van der Waals surface area contributed by atoms with Crippen molar-refractivity contribution in [2.45, 2.75) is 32.4 Å². The van der Waals surface area contributed by atoms with E-state index in [1.165, 1.54) is 4.90 Å². The van der Waals surface area contributed by atoms with Gasteiger partial charge in [0.2, 0.25) is 0 Å². The average Bonchev–Trinajstić information content (AvgIpc) is 2.70. The number of benzene rings is 2. The molecule has 1 amide bonds. The Balaban J connectivity index is 1.53. The highest BCUT2D eigenvalue weighted by Crippen LogP contribution is 2.29. The fourth-order valence-electron chi connectivity index (χ4n) is 3.03. The molecular weight excluding hydrogens is 370 g/mol. The molecule has 6 heteroatoms. The number of carbonyl (C=O) groups excluding carboxylic acids is 2. The number of amides is 1. The van der Waals surface area contributed by atoms with Crippen LogP contribution >= 0.6 is 0 Å². The summed E-state index contributed by atoms with van der Waals surface area (Å²) in [6.45, 7) is 0.609. The molecule has 0 unspecified atom stereocenters. The molecule has 0 radical (unpaired) electrons. The molecule has 29 heavy (non-hydrogen) atoms. The zero-order chi connectivity index (χ0) is 20.6. The standard InChI is InChI=1S/C23H27NO5/c1-24(22(25)16-29-23(26)19-9-6-10-19)14-18-11-12-20(21(13-18)27-2)28-15-17-7-4-3-5-8-17/h3-5,7-8,11-13,19H,6,9-10,14-16H2,1-2H3. The zero-order valence-electron chi connectivity index (χ0n) is 16.9. The van der Waals surface area contributed by atoms with Gasteiger partial charge in [-0.2, -0.15) is 0 Å². The molecule has 0 aliphatic heterocycles. The van der Waals surface area contributed by atoms with Crippen LogP contribution in [0.2, 0.25) is 0 Å². The van der Waals surface area contributed by atoms with Crippen molar-refractivity contribution in [3.05, 3.63) is 59.7 Å². The van der Waals surface area contributed by atoms with Gasteiger partial charge < -0.3 is 19.1 Å². The van der Waals surface area contributed by atoms with Crippen LogP contribution in [0.5, 0.6) is 11.5 Å². The lowest BCUT2D eigenvalue weighted by Gasteiger charge is -2.24. The minimum absolute atomic E-state index is 0.0270. The first-order chi connectivity index (χ1) is 14.1. The van der Waals surface area contributed by atoms with Gasteiger partial charge in [0.15, 0.2) is 18.1 Å². The van der Waals surface area contributed by atoms with Crippen LogP contribution in [0.4, 0.5) is 0 Å². The Morgan fingerprint density at radius 2 is 1.79 bits per heavy atom. The minimum Gasteiger partial charge on any atom is -0.493 e. The molecule has 0 atom stereocenters. The maximum absolute atomic E-state index is 12.3. The number of carbonyl (C=O) groups is 2. The van der Waals surface area contributed by atoms with Crippen LogP contribution in [0.1, 0.15) is 30.4 Å². The second-order valence-corrected chi connectivity index (χ2v) is 7.24. The molecule has 6 nitrogen and oxygen atoms in total. The first-order valence-electron chi connectivity index (χ1n) is 9.81. The Labute approximate surface area is 171 Å². The van der Waals surface area contributed by atoms with Crippen LogP contribution in [-0.4, -0.2) is 37.5 Å². The molecular formula is C23H27NO5. The summed E-state index contributed by atoms with van der Waals surface area (Å²) >= 11 is 0. The van der Waals surface area contributed by atoms with Crippen LogP contribution in [0.15, 0.2) is 48.5 Å². The first-order valence-corrected chi connectivity index (χ1v) is 9.81. The van der Waals surface area contributed by atoms with E-state index in [-0.39, 0.29) is 24.4 Å². The fraction of sp³-hybridized carbons (Fsp3) is 0.391. The maximum Gasteiger partial charge on any atom is 0.309 e. The van der Waals surface area contributed by atoms with Gasteiger partial charge >= 0.3 is 5.97 Å². The lowest BCUT2D eigenvalue weighted by atomic mass is 9.86. The predicted octanol–water partition coefficient (Wildman–Crippen LogP) is 3.58. The number of methoxy groups -OCH3 is 1. The molecule has 1 saturated carbocycles. The first kappa shape index (κ1) is 20.7. The van der Waals surface area contributed by atoms with E-state index in [2.05, 4.69) is 0 Å². The van der Waals surface area contributed by atoms with Crippen molar-refractivity contribution in [1.29, 1.82) is 0 Å². The van der Waals surface area contributed by atoms with Crippen molar-refractivity contribution in [1.82, 2.24) is 4.90 Å². The largest absolute Gasteiger partial charge is 0.493 e. The highest BCUT2D eigenvalue weighted by Gasteiger charge is 2.27. The van der Waals surface area contributed by atoms with E-state index >= 15 is 0 Å². The van der Waals surface area contributed by atoms with E-state index in [0.717, 1.165) is 30.4 Å². The SMILES string of the molecule is COc1cc(CN(C)C(=O)COC(=O)C2CCC2)ccc1OCc1ccccc1. The van der Waals surface area contributed by atoms with Crippen molar-refractivity contribution >= 4 is 11.9 Å². The highest BCUT2D eigenvalue weighted by atomic mass is 16.5. The Bertz CT molecular complexity index is 832. The topological polar surface area (TPSA) is 65.1 Å². The maximum atomic E-state index is 12.3. The number of likely N-dealkylation sites (N-methyl/N-ethyl adjacent to an activating group) is 1. The second-order valence-electron chi connectivity index (χ2n) is 7.24. The summed E-state index contributed by atoms with van der Waals surface area (Å²) < 4.78 is 16.4. The Morgan fingerprint density at radius 1 is 1.03 bits per heavy atom. The van der Waals surface area contributed by atoms with E-state index in [1.807, 2.05) is 48.5 Å². The van der Waals surface area contributed by atoms with E-state index in [1.54, 1.807) is 14.2 Å². The lowest BCUT2D eigenvalue weighted by Crippen LogP contribution is -2.33. The van der Waals surface area contributed by atoms with Crippen molar-refractivity contribution < 1.29 is 23.8 Å². The third-order valence-electron chi connectivity index (χ3n) is 5.09. The van der Waals surface area contributed by atoms with Crippen molar-refractivity contribution in [2.75, 3.05) is 20.8 Å². The normalized spacial score (nSPS) is 13.3. The van der Waals surface area contributed by atoms with E-state index < -0.39 is 0 Å². The Kier molecular flexibility index (Phi) is 7.11. The lowest BCUT2D eigenvalue weighted by molar-refractivity contribution is -0.157. The summed E-state index contributed by atoms with van der Waals surface area (Å²) in [4.78, 5) is 25.6. The fourth-order valence-corrected chi connectivity index (χ4v) is 3.03. The molecule has 1 aliphatic carbocycles. The van der Waals surface area contributed by atoms with Crippen LogP contribution < -0.4 is 9.47 Å². The van der Waals surface area contributed by atoms with Crippen LogP contribution in [0.25, 0.3) is 0 Å². The minimum atomic E-state index is -0.264. The molecule has 154 valence electrons. The molecule has 1 aliphatic rings. The van der Waals surface area contributed by atoms with Gasteiger partial charge in [0.1, 0.15) is 6.61 Å². The van der Waals surface area contributed by atoms with Crippen LogP contribution in [0, 0.1) is 5.92 Å². The van der Waals surface area contributed by atoms with Gasteiger partial charge in [0.05, 0.1) is 13.0 Å². The van der Waals surface area contributed by atoms with Crippen molar-refractivity contribution in [3.8, 4) is 11.5 Å². The number of nitrogens with zero attached hydrogens (tertiary/aromatic N) is 1. The van der Waals surface area contributed by atoms with Gasteiger partial charge in [-0.25, -0.2) is 0 Å². The second kappa shape index (κ2) is 9.96. The average molecular weight is 397 g/mol. The van der Waals surface area contributed by atoms with E-state index in [9.17, 15) is 9.59 Å². The number of hydrogen-bond donors (Lipinski definition) is 0. The summed E-state index contributed by atoms with van der Waals surface area (Å²) in [5.41, 5.74) is 1.97. The predicted molar refractivity (Wildman–Crippen MR) is 109 cm³/mol. The Morgan fingerprint density at radius 3 is 2.45 bits per heavy atom. The monoisotopic (exact) mass is 397 g/mol. The van der Waals surface area contributed by atoms with Gasteiger partial charge in [-0.15, -0.1) is 0 Å². The molecule has 2 aromatic carbocycles. The summed E-state index contributed by atoms with van der Waals surface area (Å²) in [6, 6.07) is 15.5. The number of hydrogen-bond acceptors (Lipinski definition) is 5. The number of esters is 1. The summed E-state index contributed by atoms with van der Waals surface area (Å²) in [6.07, 6.45) is 2.78. The van der Waals surface area contributed by atoms with Gasteiger partial charge in [-0.1, -0.05) is 42.8 Å². The molecule has 0 saturated heterocycles. The van der Waals surface area contributed by atoms with Gasteiger partial charge in [0, 0.05) is 13.6 Å². The zero-order valence-corrected chi connectivity index (χ0v) is 16.9. The highest BCUT2D eigenvalue weighted by molar-refractivity contribution is 5.81. The van der Waals surface area contributed by atoms with E-state index in [0.29, 0.717) is 24.7 Å². The molecule has 0 bridgehead atoms. The molecule has 0 heterocycles. The third kappa shape index (κ3) is 5.73. The van der Waals surface area contributed by atoms with Gasteiger partial charge in [0.25, 0.3) is 5.91 Å². The quantitative estimate of drug-likeness (QED) is 0.605. The third-order valence-corrected chi connectivity index (χ3v) is 5.09. The van der Waals surface area contributed by atoms with Crippen LogP contribution in [-0.2, 0) is 27.5 Å². The van der Waals surface area contributed by atoms with E-state index in [4.69, 9.17) is 14.2 Å². The smallest absolute Gasteiger partial charge is 0.309 e. The molecule has 0 spiro atoms. The molecule has 2 aromatic rings. The van der Waals surface area contributed by atoms with Crippen molar-refractivity contribution in [3.63, 3.8) is 0 Å². The number of rotatable bonds is 9. The van der Waals surface area contributed by atoms with Gasteiger partial charge in [-0.05, 0) is 36.1 Å². The Hall–Kier alpha value is -3.02.